The minimum absolute atomic E-state index is 0.276. The number of nitrogens with one attached hydrogen (secondary N) is 1. The molecule has 0 fully saturated rings. The van der Waals surface area contributed by atoms with Gasteiger partial charge >= 0.3 is 0 Å². The van der Waals surface area contributed by atoms with E-state index in [4.69, 9.17) is 16.0 Å². The van der Waals surface area contributed by atoms with Crippen LogP contribution in [0, 0.1) is 6.92 Å². The van der Waals surface area contributed by atoms with Crippen molar-refractivity contribution >= 4 is 34.1 Å². The molecular formula is C18H15ClN4O2. The molecule has 126 valence electrons. The summed E-state index contributed by atoms with van der Waals surface area (Å²) >= 11 is 6.03. The van der Waals surface area contributed by atoms with Crippen LogP contribution in [0.1, 0.15) is 34.9 Å². The van der Waals surface area contributed by atoms with Gasteiger partial charge in [-0.1, -0.05) is 17.7 Å². The number of carbonyl (C=O) groups is 1. The zero-order chi connectivity index (χ0) is 17.6. The second-order valence-corrected chi connectivity index (χ2v) is 6.32. The predicted octanol–water partition coefficient (Wildman–Crippen LogP) is 3.93. The molecule has 6 nitrogen and oxygen atoms in total. The van der Waals surface area contributed by atoms with Crippen LogP contribution in [0.2, 0.25) is 5.02 Å². The number of rotatable bonds is 3. The zero-order valence-corrected chi connectivity index (χ0v) is 14.4. The summed E-state index contributed by atoms with van der Waals surface area (Å²) in [6.07, 6.45) is 1.86. The number of aryl methyl sites for hydroxylation is 1. The van der Waals surface area contributed by atoms with E-state index in [1.165, 1.54) is 0 Å². The van der Waals surface area contributed by atoms with Crippen molar-refractivity contribution in [3.8, 4) is 0 Å². The van der Waals surface area contributed by atoms with Gasteiger partial charge in [-0.15, -0.1) is 10.2 Å². The SMILES string of the molecule is Cc1c(C(=O)N[C@H](C)c2nnc3ccccn23)oc2ccc(Cl)cc12. The second kappa shape index (κ2) is 5.89. The van der Waals surface area contributed by atoms with Gasteiger partial charge in [0, 0.05) is 22.2 Å². The Labute approximate surface area is 148 Å². The van der Waals surface area contributed by atoms with Gasteiger partial charge in [0.25, 0.3) is 5.91 Å². The highest BCUT2D eigenvalue weighted by Gasteiger charge is 2.22. The zero-order valence-electron chi connectivity index (χ0n) is 13.7. The number of nitrogens with zero attached hydrogens (tertiary/aromatic N) is 3. The van der Waals surface area contributed by atoms with Crippen molar-refractivity contribution in [2.45, 2.75) is 19.9 Å². The Morgan fingerprint density at radius 1 is 1.28 bits per heavy atom. The molecule has 0 unspecified atom stereocenters. The van der Waals surface area contributed by atoms with Crippen molar-refractivity contribution < 1.29 is 9.21 Å². The number of fused-ring (bicyclic) bond motifs is 2. The number of furan rings is 1. The summed E-state index contributed by atoms with van der Waals surface area (Å²) in [5.41, 5.74) is 2.12. The summed E-state index contributed by atoms with van der Waals surface area (Å²) in [7, 11) is 0. The summed E-state index contributed by atoms with van der Waals surface area (Å²) in [6, 6.07) is 10.6. The van der Waals surface area contributed by atoms with Gasteiger partial charge in [0.1, 0.15) is 5.58 Å². The van der Waals surface area contributed by atoms with E-state index < -0.39 is 0 Å². The number of amides is 1. The highest BCUT2D eigenvalue weighted by atomic mass is 35.5. The van der Waals surface area contributed by atoms with Crippen LogP contribution in [-0.4, -0.2) is 20.5 Å². The predicted molar refractivity (Wildman–Crippen MR) is 94.8 cm³/mol. The molecule has 1 aromatic carbocycles. The van der Waals surface area contributed by atoms with Crippen LogP contribution in [0.3, 0.4) is 0 Å². The van der Waals surface area contributed by atoms with Gasteiger partial charge in [0.15, 0.2) is 17.2 Å². The van der Waals surface area contributed by atoms with Gasteiger partial charge in [-0.2, -0.15) is 0 Å². The Bertz CT molecular complexity index is 1100. The molecule has 1 amide bonds. The number of aromatic nitrogens is 3. The normalized spacial score (nSPS) is 12.6. The lowest BCUT2D eigenvalue weighted by Gasteiger charge is -2.11. The molecule has 4 rings (SSSR count). The molecule has 0 aliphatic heterocycles. The number of hydrogen-bond donors (Lipinski definition) is 1. The molecular weight excluding hydrogens is 340 g/mol. The minimum Gasteiger partial charge on any atom is -0.451 e. The van der Waals surface area contributed by atoms with E-state index in [2.05, 4.69) is 15.5 Å². The van der Waals surface area contributed by atoms with Crippen LogP contribution in [0.4, 0.5) is 0 Å². The van der Waals surface area contributed by atoms with Crippen LogP contribution in [0.5, 0.6) is 0 Å². The van der Waals surface area contributed by atoms with Crippen molar-refractivity contribution in [1.29, 1.82) is 0 Å². The summed E-state index contributed by atoms with van der Waals surface area (Å²) in [5.74, 6) is 0.628. The summed E-state index contributed by atoms with van der Waals surface area (Å²) < 4.78 is 7.55. The Kier molecular flexibility index (Phi) is 3.69. The molecule has 0 saturated heterocycles. The smallest absolute Gasteiger partial charge is 0.287 e. The molecule has 3 heterocycles. The quantitative estimate of drug-likeness (QED) is 0.605. The fraction of sp³-hybridized carbons (Fsp3) is 0.167. The van der Waals surface area contributed by atoms with Gasteiger partial charge in [-0.05, 0) is 44.2 Å². The second-order valence-electron chi connectivity index (χ2n) is 5.88. The molecule has 3 aromatic heterocycles. The topological polar surface area (TPSA) is 72.4 Å². The van der Waals surface area contributed by atoms with Crippen LogP contribution < -0.4 is 5.32 Å². The molecule has 0 aliphatic rings. The maximum Gasteiger partial charge on any atom is 0.287 e. The highest BCUT2D eigenvalue weighted by molar-refractivity contribution is 6.31. The minimum atomic E-state index is -0.332. The first-order valence-electron chi connectivity index (χ1n) is 7.84. The average molecular weight is 355 g/mol. The molecule has 0 bridgehead atoms. The number of hydrogen-bond acceptors (Lipinski definition) is 4. The Hall–Kier alpha value is -2.86. The number of halogens is 1. The number of pyridine rings is 1. The van der Waals surface area contributed by atoms with Crippen LogP contribution >= 0.6 is 11.6 Å². The highest BCUT2D eigenvalue weighted by Crippen LogP contribution is 2.28. The Morgan fingerprint density at radius 2 is 2.12 bits per heavy atom. The molecule has 0 aliphatic carbocycles. The third-order valence-electron chi connectivity index (χ3n) is 4.18. The van der Waals surface area contributed by atoms with E-state index >= 15 is 0 Å². The monoisotopic (exact) mass is 354 g/mol. The van der Waals surface area contributed by atoms with Crippen molar-refractivity contribution in [2.75, 3.05) is 0 Å². The first kappa shape index (κ1) is 15.7. The van der Waals surface area contributed by atoms with E-state index in [0.29, 0.717) is 16.4 Å². The van der Waals surface area contributed by atoms with E-state index in [9.17, 15) is 4.79 Å². The van der Waals surface area contributed by atoms with E-state index in [-0.39, 0.29) is 17.7 Å². The first-order chi connectivity index (χ1) is 12.0. The van der Waals surface area contributed by atoms with Crippen molar-refractivity contribution in [1.82, 2.24) is 19.9 Å². The van der Waals surface area contributed by atoms with E-state index in [1.807, 2.05) is 42.6 Å². The standard InChI is InChI=1S/C18H15ClN4O2/c1-10-13-9-12(19)6-7-14(13)25-16(10)18(24)20-11(2)17-22-21-15-5-3-4-8-23(15)17/h3-9,11H,1-2H3,(H,20,24)/t11-/m1/s1. The lowest BCUT2D eigenvalue weighted by Crippen LogP contribution is -2.28. The Morgan fingerprint density at radius 3 is 2.96 bits per heavy atom. The first-order valence-corrected chi connectivity index (χ1v) is 8.21. The fourth-order valence-electron chi connectivity index (χ4n) is 2.89. The number of carbonyl (C=O) groups excluding carboxylic acids is 1. The molecule has 7 heteroatoms. The summed E-state index contributed by atoms with van der Waals surface area (Å²) in [5, 5.41) is 12.6. The van der Waals surface area contributed by atoms with E-state index in [0.717, 1.165) is 16.6 Å². The van der Waals surface area contributed by atoms with Crippen LogP contribution in [0.25, 0.3) is 16.6 Å². The van der Waals surface area contributed by atoms with Crippen LogP contribution in [0.15, 0.2) is 47.0 Å². The van der Waals surface area contributed by atoms with Gasteiger partial charge in [0.05, 0.1) is 6.04 Å². The molecule has 1 atom stereocenters. The largest absolute Gasteiger partial charge is 0.451 e. The van der Waals surface area contributed by atoms with Crippen molar-refractivity contribution in [3.05, 3.63) is 64.8 Å². The Balaban J connectivity index is 1.64. The molecule has 0 saturated carbocycles. The van der Waals surface area contributed by atoms with E-state index in [1.54, 1.807) is 18.2 Å². The third kappa shape index (κ3) is 2.64. The summed E-state index contributed by atoms with van der Waals surface area (Å²) in [6.45, 7) is 3.70. The average Bonchev–Trinajstić information content (AvgIpc) is 3.17. The summed E-state index contributed by atoms with van der Waals surface area (Å²) in [4.78, 5) is 12.7. The molecule has 1 N–H and O–H groups in total. The molecule has 25 heavy (non-hydrogen) atoms. The number of benzene rings is 1. The van der Waals surface area contributed by atoms with Gasteiger partial charge in [-0.3, -0.25) is 9.20 Å². The van der Waals surface area contributed by atoms with Crippen molar-refractivity contribution in [3.63, 3.8) is 0 Å². The molecule has 0 spiro atoms. The third-order valence-corrected chi connectivity index (χ3v) is 4.41. The van der Waals surface area contributed by atoms with Gasteiger partial charge in [-0.25, -0.2) is 0 Å². The lowest BCUT2D eigenvalue weighted by atomic mass is 10.1. The van der Waals surface area contributed by atoms with Gasteiger partial charge < -0.3 is 9.73 Å². The lowest BCUT2D eigenvalue weighted by molar-refractivity contribution is 0.0911. The maximum atomic E-state index is 12.7. The fourth-order valence-corrected chi connectivity index (χ4v) is 3.06. The van der Waals surface area contributed by atoms with Crippen LogP contribution in [-0.2, 0) is 0 Å². The van der Waals surface area contributed by atoms with Crippen molar-refractivity contribution in [2.24, 2.45) is 0 Å². The van der Waals surface area contributed by atoms with Gasteiger partial charge in [0.2, 0.25) is 0 Å². The molecule has 4 aromatic rings. The maximum absolute atomic E-state index is 12.7. The molecule has 0 radical (unpaired) electrons.